The third kappa shape index (κ3) is 3.52. The molecule has 0 unspecified atom stereocenters. The molecule has 3 nitrogen and oxygen atoms in total. The Morgan fingerprint density at radius 1 is 0.462 bits per heavy atom. The van der Waals surface area contributed by atoms with Gasteiger partial charge in [0.05, 0.1) is 22.4 Å². The molecular weight excluding hydrogens is 474 g/mol. The average Bonchev–Trinajstić information content (AvgIpc) is 3.39. The SMILES string of the molecule is c1ccc(-c2cc(-c3ccc(-c4cc5ccccc5c5ccccc45)cc3)n3c(n2)nc2ccccc23)cc1. The fourth-order valence-electron chi connectivity index (χ4n) is 5.74. The molecular formula is C36H23N3. The van der Waals surface area contributed by atoms with E-state index in [0.29, 0.717) is 5.78 Å². The van der Waals surface area contributed by atoms with E-state index >= 15 is 0 Å². The molecule has 0 aliphatic carbocycles. The number of fused-ring (bicyclic) bond motifs is 6. The Labute approximate surface area is 225 Å². The molecule has 8 aromatic rings. The number of aromatic nitrogens is 3. The van der Waals surface area contributed by atoms with E-state index < -0.39 is 0 Å². The van der Waals surface area contributed by atoms with Crippen molar-refractivity contribution in [3.05, 3.63) is 140 Å². The van der Waals surface area contributed by atoms with Gasteiger partial charge in [0.2, 0.25) is 5.78 Å². The standard InChI is InChI=1S/C36H23N3/c1-2-10-25(11-3-1)33-23-35(39-34-17-9-8-16-32(34)37-36(39)38-33)26-20-18-24(19-21-26)31-22-27-12-4-5-13-28(27)29-14-6-7-15-30(29)31/h1-23H. The van der Waals surface area contributed by atoms with Crippen LogP contribution in [0.2, 0.25) is 0 Å². The molecule has 0 aliphatic rings. The van der Waals surface area contributed by atoms with E-state index in [1.165, 1.54) is 32.7 Å². The predicted octanol–water partition coefficient (Wildman–Crippen LogP) is 9.19. The van der Waals surface area contributed by atoms with E-state index in [0.717, 1.165) is 33.5 Å². The highest BCUT2D eigenvalue weighted by atomic mass is 15.1. The third-order valence-corrected chi connectivity index (χ3v) is 7.61. The van der Waals surface area contributed by atoms with Crippen LogP contribution < -0.4 is 0 Å². The van der Waals surface area contributed by atoms with Crippen LogP contribution in [0.3, 0.4) is 0 Å². The van der Waals surface area contributed by atoms with Crippen LogP contribution >= 0.6 is 0 Å². The van der Waals surface area contributed by atoms with E-state index in [2.05, 4.69) is 114 Å². The van der Waals surface area contributed by atoms with Gasteiger partial charge in [-0.05, 0) is 62.5 Å². The van der Waals surface area contributed by atoms with E-state index in [-0.39, 0.29) is 0 Å². The van der Waals surface area contributed by atoms with Gasteiger partial charge < -0.3 is 0 Å². The number of benzene rings is 6. The van der Waals surface area contributed by atoms with Gasteiger partial charge in [-0.2, -0.15) is 0 Å². The van der Waals surface area contributed by atoms with Gasteiger partial charge in [0.15, 0.2) is 0 Å². The topological polar surface area (TPSA) is 30.2 Å². The Morgan fingerprint density at radius 3 is 1.97 bits per heavy atom. The number of para-hydroxylation sites is 2. The summed E-state index contributed by atoms with van der Waals surface area (Å²) in [5.74, 6) is 0.706. The summed E-state index contributed by atoms with van der Waals surface area (Å²) in [6, 6.07) is 49.3. The van der Waals surface area contributed by atoms with Crippen LogP contribution in [0.1, 0.15) is 0 Å². The lowest BCUT2D eigenvalue weighted by molar-refractivity contribution is 1.14. The van der Waals surface area contributed by atoms with Crippen molar-refractivity contribution in [1.82, 2.24) is 14.4 Å². The summed E-state index contributed by atoms with van der Waals surface area (Å²) < 4.78 is 2.17. The minimum absolute atomic E-state index is 0.706. The molecule has 0 N–H and O–H groups in total. The van der Waals surface area contributed by atoms with Crippen LogP contribution in [-0.4, -0.2) is 14.4 Å². The Morgan fingerprint density at radius 2 is 1.13 bits per heavy atom. The summed E-state index contributed by atoms with van der Waals surface area (Å²) >= 11 is 0. The molecule has 0 fully saturated rings. The first-order chi connectivity index (χ1) is 19.3. The first kappa shape index (κ1) is 21.8. The van der Waals surface area contributed by atoms with Crippen LogP contribution in [0.15, 0.2) is 140 Å². The molecule has 0 saturated heterocycles. The summed E-state index contributed by atoms with van der Waals surface area (Å²) in [6.07, 6.45) is 0. The second kappa shape index (κ2) is 8.64. The van der Waals surface area contributed by atoms with Gasteiger partial charge in [-0.15, -0.1) is 0 Å². The van der Waals surface area contributed by atoms with Crippen molar-refractivity contribution in [2.75, 3.05) is 0 Å². The number of nitrogens with zero attached hydrogens (tertiary/aromatic N) is 3. The monoisotopic (exact) mass is 497 g/mol. The normalized spacial score (nSPS) is 11.6. The summed E-state index contributed by atoms with van der Waals surface area (Å²) in [6.45, 7) is 0. The smallest absolute Gasteiger partial charge is 0.235 e. The fraction of sp³-hybridized carbons (Fsp3) is 0. The van der Waals surface area contributed by atoms with Crippen LogP contribution in [0.4, 0.5) is 0 Å². The van der Waals surface area contributed by atoms with Gasteiger partial charge in [-0.3, -0.25) is 4.40 Å². The lowest BCUT2D eigenvalue weighted by Crippen LogP contribution is -1.97. The second-order valence-electron chi connectivity index (χ2n) is 9.90. The van der Waals surface area contributed by atoms with Crippen molar-refractivity contribution >= 4 is 38.4 Å². The zero-order valence-electron chi connectivity index (χ0n) is 21.1. The fourth-order valence-corrected chi connectivity index (χ4v) is 5.74. The molecule has 6 aromatic carbocycles. The maximum atomic E-state index is 4.95. The van der Waals surface area contributed by atoms with Gasteiger partial charge in [-0.1, -0.05) is 115 Å². The Hall–Kier alpha value is -5.28. The number of rotatable bonds is 3. The molecule has 0 spiro atoms. The summed E-state index contributed by atoms with van der Waals surface area (Å²) in [4.78, 5) is 9.82. The Kier molecular flexibility index (Phi) is 4.82. The predicted molar refractivity (Wildman–Crippen MR) is 162 cm³/mol. The highest BCUT2D eigenvalue weighted by molar-refractivity contribution is 6.13. The van der Waals surface area contributed by atoms with Crippen molar-refractivity contribution in [3.63, 3.8) is 0 Å². The molecule has 3 heteroatoms. The van der Waals surface area contributed by atoms with E-state index in [1.54, 1.807) is 0 Å². The highest BCUT2D eigenvalue weighted by Gasteiger charge is 2.15. The van der Waals surface area contributed by atoms with Gasteiger partial charge in [0.1, 0.15) is 0 Å². The highest BCUT2D eigenvalue weighted by Crippen LogP contribution is 2.36. The third-order valence-electron chi connectivity index (χ3n) is 7.61. The minimum atomic E-state index is 0.706. The summed E-state index contributed by atoms with van der Waals surface area (Å²) in [5, 5.41) is 5.08. The van der Waals surface area contributed by atoms with Crippen LogP contribution in [-0.2, 0) is 0 Å². The first-order valence-electron chi connectivity index (χ1n) is 13.2. The maximum Gasteiger partial charge on any atom is 0.235 e. The maximum absolute atomic E-state index is 4.95. The lowest BCUT2D eigenvalue weighted by Gasteiger charge is -2.13. The van der Waals surface area contributed by atoms with Crippen molar-refractivity contribution < 1.29 is 0 Å². The van der Waals surface area contributed by atoms with Crippen LogP contribution in [0, 0.1) is 0 Å². The minimum Gasteiger partial charge on any atom is -0.276 e. The number of hydrogen-bond donors (Lipinski definition) is 0. The molecule has 8 rings (SSSR count). The van der Waals surface area contributed by atoms with E-state index in [1.807, 2.05) is 30.3 Å². The van der Waals surface area contributed by atoms with Gasteiger partial charge in [0, 0.05) is 5.56 Å². The Balaban J connectivity index is 1.34. The molecule has 0 aliphatic heterocycles. The second-order valence-corrected chi connectivity index (χ2v) is 9.90. The number of hydrogen-bond acceptors (Lipinski definition) is 2. The molecule has 0 radical (unpaired) electrons. The molecule has 0 bridgehead atoms. The van der Waals surface area contributed by atoms with Gasteiger partial charge in [0.25, 0.3) is 0 Å². The zero-order valence-corrected chi connectivity index (χ0v) is 21.1. The van der Waals surface area contributed by atoms with Crippen LogP contribution in [0.5, 0.6) is 0 Å². The Bertz CT molecular complexity index is 2160. The quantitative estimate of drug-likeness (QED) is 0.228. The molecule has 0 amide bonds. The zero-order chi connectivity index (χ0) is 25.8. The molecule has 2 aromatic heterocycles. The number of imidazole rings is 1. The van der Waals surface area contributed by atoms with Crippen LogP contribution in [0.25, 0.3) is 72.0 Å². The van der Waals surface area contributed by atoms with E-state index in [9.17, 15) is 0 Å². The summed E-state index contributed by atoms with van der Waals surface area (Å²) in [7, 11) is 0. The molecule has 0 atom stereocenters. The van der Waals surface area contributed by atoms with Crippen molar-refractivity contribution in [2.24, 2.45) is 0 Å². The van der Waals surface area contributed by atoms with Crippen molar-refractivity contribution in [2.45, 2.75) is 0 Å². The van der Waals surface area contributed by atoms with Gasteiger partial charge >= 0.3 is 0 Å². The van der Waals surface area contributed by atoms with Crippen molar-refractivity contribution in [3.8, 4) is 33.6 Å². The molecule has 2 heterocycles. The molecule has 39 heavy (non-hydrogen) atoms. The average molecular weight is 498 g/mol. The largest absolute Gasteiger partial charge is 0.276 e. The molecule has 182 valence electrons. The van der Waals surface area contributed by atoms with E-state index in [4.69, 9.17) is 9.97 Å². The summed E-state index contributed by atoms with van der Waals surface area (Å²) in [5.41, 5.74) is 8.62. The first-order valence-corrected chi connectivity index (χ1v) is 13.2. The lowest BCUT2D eigenvalue weighted by atomic mass is 9.93. The van der Waals surface area contributed by atoms with Gasteiger partial charge in [-0.25, -0.2) is 9.97 Å². The molecule has 0 saturated carbocycles. The van der Waals surface area contributed by atoms with Crippen molar-refractivity contribution in [1.29, 1.82) is 0 Å².